The maximum absolute atomic E-state index is 14.1. The Bertz CT molecular complexity index is 1060. The number of hydrogen-bond acceptors (Lipinski definition) is 3. The summed E-state index contributed by atoms with van der Waals surface area (Å²) in [6.45, 7) is 7.57. The first-order chi connectivity index (χ1) is 14.7. The first-order valence-corrected chi connectivity index (χ1v) is 11.0. The third-order valence-corrected chi connectivity index (χ3v) is 5.62. The fraction of sp³-hybridized carbons (Fsp3) is 0.280. The number of aryl methyl sites for hydroxylation is 1. The van der Waals surface area contributed by atoms with Crippen molar-refractivity contribution in [3.8, 4) is 0 Å². The highest BCUT2D eigenvalue weighted by Crippen LogP contribution is 2.32. The standard InChI is InChI=1S/C25H27FN2O2S/c1-17-9-5-6-13-21(17)23(24(30)27-25(2,3)4)28(19-11-7-10-18(26)15-19)22(29)16-20-12-8-14-31-20/h5-15,23H,16H2,1-4H3,(H,27,30). The highest BCUT2D eigenvalue weighted by Gasteiger charge is 2.35. The van der Waals surface area contributed by atoms with Crippen LogP contribution in [0.4, 0.5) is 10.1 Å². The summed E-state index contributed by atoms with van der Waals surface area (Å²) < 4.78 is 14.1. The van der Waals surface area contributed by atoms with E-state index in [-0.39, 0.29) is 18.2 Å². The summed E-state index contributed by atoms with van der Waals surface area (Å²) in [6.07, 6.45) is 0.124. The summed E-state index contributed by atoms with van der Waals surface area (Å²) >= 11 is 1.47. The van der Waals surface area contributed by atoms with Crippen LogP contribution in [-0.2, 0) is 16.0 Å². The SMILES string of the molecule is Cc1ccccc1C(C(=O)NC(C)(C)C)N(C(=O)Cc1cccs1)c1cccc(F)c1. The third-order valence-electron chi connectivity index (χ3n) is 4.75. The molecule has 2 aromatic carbocycles. The van der Waals surface area contributed by atoms with Crippen LogP contribution in [-0.4, -0.2) is 17.4 Å². The Balaban J connectivity index is 2.14. The molecule has 0 spiro atoms. The zero-order valence-electron chi connectivity index (χ0n) is 18.2. The molecule has 0 aliphatic carbocycles. The Labute approximate surface area is 186 Å². The van der Waals surface area contributed by atoms with E-state index in [0.717, 1.165) is 10.4 Å². The van der Waals surface area contributed by atoms with Crippen LogP contribution >= 0.6 is 11.3 Å². The van der Waals surface area contributed by atoms with E-state index in [1.165, 1.54) is 28.4 Å². The van der Waals surface area contributed by atoms with Crippen molar-refractivity contribution in [2.75, 3.05) is 4.90 Å². The number of halogens is 1. The Kier molecular flexibility index (Phi) is 6.91. The van der Waals surface area contributed by atoms with Gasteiger partial charge in [0.25, 0.3) is 0 Å². The second kappa shape index (κ2) is 9.43. The molecule has 1 unspecified atom stereocenters. The van der Waals surface area contributed by atoms with E-state index in [1.807, 2.05) is 69.5 Å². The van der Waals surface area contributed by atoms with Crippen molar-refractivity contribution in [1.29, 1.82) is 0 Å². The lowest BCUT2D eigenvalue weighted by molar-refractivity contribution is -0.127. The quantitative estimate of drug-likeness (QED) is 0.558. The molecule has 0 bridgehead atoms. The van der Waals surface area contributed by atoms with Gasteiger partial charge in [-0.3, -0.25) is 14.5 Å². The maximum Gasteiger partial charge on any atom is 0.248 e. The molecule has 31 heavy (non-hydrogen) atoms. The zero-order chi connectivity index (χ0) is 22.6. The van der Waals surface area contributed by atoms with Gasteiger partial charge in [0.15, 0.2) is 0 Å². The predicted octanol–water partition coefficient (Wildman–Crippen LogP) is 5.43. The summed E-state index contributed by atoms with van der Waals surface area (Å²) in [5, 5.41) is 4.90. The first-order valence-electron chi connectivity index (χ1n) is 10.1. The normalized spacial score (nSPS) is 12.3. The van der Waals surface area contributed by atoms with E-state index in [1.54, 1.807) is 12.1 Å². The molecule has 3 rings (SSSR count). The van der Waals surface area contributed by atoms with E-state index >= 15 is 0 Å². The van der Waals surface area contributed by atoms with Crippen LogP contribution < -0.4 is 10.2 Å². The fourth-order valence-electron chi connectivity index (χ4n) is 3.44. The molecule has 162 valence electrons. The van der Waals surface area contributed by atoms with Crippen molar-refractivity contribution in [1.82, 2.24) is 5.32 Å². The van der Waals surface area contributed by atoms with E-state index in [4.69, 9.17) is 0 Å². The molecule has 1 N–H and O–H groups in total. The van der Waals surface area contributed by atoms with Gasteiger partial charge in [0.2, 0.25) is 11.8 Å². The van der Waals surface area contributed by atoms with Crippen LogP contribution in [0.15, 0.2) is 66.0 Å². The number of hydrogen-bond donors (Lipinski definition) is 1. The van der Waals surface area contributed by atoms with E-state index in [0.29, 0.717) is 11.3 Å². The van der Waals surface area contributed by atoms with Gasteiger partial charge in [-0.2, -0.15) is 0 Å². The Hall–Kier alpha value is -2.99. The Morgan fingerprint density at radius 3 is 2.42 bits per heavy atom. The summed E-state index contributed by atoms with van der Waals surface area (Å²) in [4.78, 5) is 29.4. The average molecular weight is 439 g/mol. The topological polar surface area (TPSA) is 49.4 Å². The molecule has 4 nitrogen and oxygen atoms in total. The lowest BCUT2D eigenvalue weighted by Crippen LogP contribution is -2.50. The number of nitrogens with one attached hydrogen (secondary N) is 1. The molecule has 1 heterocycles. The van der Waals surface area contributed by atoms with Gasteiger partial charge < -0.3 is 5.32 Å². The number of amides is 2. The monoisotopic (exact) mass is 438 g/mol. The van der Waals surface area contributed by atoms with Crippen molar-refractivity contribution in [2.24, 2.45) is 0 Å². The molecule has 1 atom stereocenters. The summed E-state index contributed by atoms with van der Waals surface area (Å²) in [6, 6.07) is 16.1. The molecule has 0 saturated carbocycles. The van der Waals surface area contributed by atoms with Gasteiger partial charge in [-0.05, 0) is 68.5 Å². The second-order valence-corrected chi connectivity index (χ2v) is 9.53. The van der Waals surface area contributed by atoms with Crippen LogP contribution in [0, 0.1) is 12.7 Å². The first kappa shape index (κ1) is 22.7. The van der Waals surface area contributed by atoms with Crippen molar-refractivity contribution in [2.45, 2.75) is 45.7 Å². The minimum Gasteiger partial charge on any atom is -0.349 e. The minimum absolute atomic E-state index is 0.124. The van der Waals surface area contributed by atoms with Gasteiger partial charge >= 0.3 is 0 Å². The van der Waals surface area contributed by atoms with Crippen molar-refractivity contribution >= 4 is 28.8 Å². The smallest absolute Gasteiger partial charge is 0.248 e. The summed E-state index contributed by atoms with van der Waals surface area (Å²) in [5.41, 5.74) is 1.43. The number of rotatable bonds is 6. The summed E-state index contributed by atoms with van der Waals surface area (Å²) in [5.74, 6) is -1.05. The third kappa shape index (κ3) is 5.79. The van der Waals surface area contributed by atoms with Crippen LogP contribution in [0.2, 0.25) is 0 Å². The number of carbonyl (C=O) groups excluding carboxylic acids is 2. The fourth-order valence-corrected chi connectivity index (χ4v) is 4.14. The van der Waals surface area contributed by atoms with E-state index in [9.17, 15) is 14.0 Å². The van der Waals surface area contributed by atoms with E-state index in [2.05, 4.69) is 5.32 Å². The second-order valence-electron chi connectivity index (χ2n) is 8.50. The number of anilines is 1. The molecule has 1 aromatic heterocycles. The molecular weight excluding hydrogens is 411 g/mol. The number of thiophene rings is 1. The number of carbonyl (C=O) groups is 2. The Morgan fingerprint density at radius 2 is 1.81 bits per heavy atom. The lowest BCUT2D eigenvalue weighted by atomic mass is 9.96. The van der Waals surface area contributed by atoms with E-state index < -0.39 is 17.4 Å². The number of benzene rings is 2. The van der Waals surface area contributed by atoms with Crippen molar-refractivity contribution in [3.05, 3.63) is 87.9 Å². The lowest BCUT2D eigenvalue weighted by Gasteiger charge is -2.34. The highest BCUT2D eigenvalue weighted by atomic mass is 32.1. The molecule has 0 fully saturated rings. The largest absolute Gasteiger partial charge is 0.349 e. The molecule has 3 aromatic rings. The Morgan fingerprint density at radius 1 is 1.06 bits per heavy atom. The van der Waals surface area contributed by atoms with Crippen LogP contribution in [0.1, 0.15) is 42.8 Å². The van der Waals surface area contributed by atoms with Crippen LogP contribution in [0.25, 0.3) is 0 Å². The van der Waals surface area contributed by atoms with Gasteiger partial charge in [-0.1, -0.05) is 36.4 Å². The highest BCUT2D eigenvalue weighted by molar-refractivity contribution is 7.10. The van der Waals surface area contributed by atoms with Crippen molar-refractivity contribution in [3.63, 3.8) is 0 Å². The van der Waals surface area contributed by atoms with Crippen molar-refractivity contribution < 1.29 is 14.0 Å². The van der Waals surface area contributed by atoms with Gasteiger partial charge in [0, 0.05) is 16.1 Å². The molecule has 2 amide bonds. The van der Waals surface area contributed by atoms with Gasteiger partial charge in [-0.15, -0.1) is 11.3 Å². The minimum atomic E-state index is -0.935. The molecule has 0 radical (unpaired) electrons. The van der Waals surface area contributed by atoms with Gasteiger partial charge in [-0.25, -0.2) is 4.39 Å². The average Bonchev–Trinajstić information content (AvgIpc) is 3.18. The summed E-state index contributed by atoms with van der Waals surface area (Å²) in [7, 11) is 0. The predicted molar refractivity (Wildman–Crippen MR) is 124 cm³/mol. The molecule has 0 aliphatic heterocycles. The molecular formula is C25H27FN2O2S. The maximum atomic E-state index is 14.1. The number of nitrogens with zero attached hydrogens (tertiary/aromatic N) is 1. The van der Waals surface area contributed by atoms with Crippen LogP contribution in [0.5, 0.6) is 0 Å². The zero-order valence-corrected chi connectivity index (χ0v) is 19.0. The van der Waals surface area contributed by atoms with Gasteiger partial charge in [0.1, 0.15) is 11.9 Å². The molecule has 6 heteroatoms. The molecule has 0 saturated heterocycles. The molecule has 0 aliphatic rings. The van der Waals surface area contributed by atoms with Crippen LogP contribution in [0.3, 0.4) is 0 Å². The van der Waals surface area contributed by atoms with Gasteiger partial charge in [0.05, 0.1) is 6.42 Å².